The number of nitrogens with zero attached hydrogens (tertiary/aromatic N) is 1. The van der Waals surface area contributed by atoms with E-state index in [9.17, 15) is 4.79 Å². The zero-order chi connectivity index (χ0) is 13.8. The van der Waals surface area contributed by atoms with E-state index in [1.807, 2.05) is 31.2 Å². The lowest BCUT2D eigenvalue weighted by Gasteiger charge is -2.13. The van der Waals surface area contributed by atoms with E-state index in [-0.39, 0.29) is 11.9 Å². The molecule has 19 heavy (non-hydrogen) atoms. The van der Waals surface area contributed by atoms with Crippen molar-refractivity contribution in [2.24, 2.45) is 0 Å². The topological polar surface area (TPSA) is 77.2 Å². The Morgan fingerprint density at radius 3 is 2.63 bits per heavy atom. The van der Waals surface area contributed by atoms with Gasteiger partial charge in [-0.05, 0) is 24.6 Å². The van der Waals surface area contributed by atoms with Gasteiger partial charge in [0.05, 0.1) is 13.2 Å². The maximum Gasteiger partial charge on any atom is 0.271 e. The molecule has 1 aromatic heterocycles. The van der Waals surface area contributed by atoms with Gasteiger partial charge in [-0.15, -0.1) is 11.3 Å². The Kier molecular flexibility index (Phi) is 4.01. The average Bonchev–Trinajstić information content (AvgIpc) is 2.85. The lowest BCUT2D eigenvalue weighted by atomic mass is 10.1. The number of carbonyl (C=O) groups excluding carboxylic acids is 1. The fraction of sp³-hybridized carbons (Fsp3) is 0.231. The first-order chi connectivity index (χ1) is 9.10. The molecule has 2 rings (SSSR count). The molecule has 0 fully saturated rings. The maximum absolute atomic E-state index is 11.9. The molecule has 1 amide bonds. The summed E-state index contributed by atoms with van der Waals surface area (Å²) in [5, 5.41) is 4.91. The summed E-state index contributed by atoms with van der Waals surface area (Å²) in [6, 6.07) is 7.44. The van der Waals surface area contributed by atoms with Gasteiger partial charge in [-0.25, -0.2) is 4.98 Å². The fourth-order valence-corrected chi connectivity index (χ4v) is 2.18. The first-order valence-corrected chi connectivity index (χ1v) is 6.64. The molecule has 0 aliphatic carbocycles. The van der Waals surface area contributed by atoms with Crippen LogP contribution in [0, 0.1) is 0 Å². The number of nitrogen functional groups attached to an aromatic ring is 1. The Morgan fingerprint density at radius 1 is 1.42 bits per heavy atom. The van der Waals surface area contributed by atoms with Gasteiger partial charge in [-0.1, -0.05) is 12.1 Å². The summed E-state index contributed by atoms with van der Waals surface area (Å²) >= 11 is 1.25. The number of hydrogen-bond donors (Lipinski definition) is 2. The van der Waals surface area contributed by atoms with Crippen molar-refractivity contribution in [1.82, 2.24) is 10.3 Å². The molecule has 0 radical (unpaired) electrons. The minimum absolute atomic E-state index is 0.110. The van der Waals surface area contributed by atoms with Crippen LogP contribution in [0.3, 0.4) is 0 Å². The number of methoxy groups -OCH3 is 1. The summed E-state index contributed by atoms with van der Waals surface area (Å²) < 4.78 is 5.09. The van der Waals surface area contributed by atoms with E-state index in [0.29, 0.717) is 10.8 Å². The number of carbonyl (C=O) groups is 1. The summed E-state index contributed by atoms with van der Waals surface area (Å²) in [5.41, 5.74) is 6.85. The Balaban J connectivity index is 2.03. The van der Waals surface area contributed by atoms with Crippen molar-refractivity contribution in [1.29, 1.82) is 0 Å². The van der Waals surface area contributed by atoms with Crippen molar-refractivity contribution in [2.75, 3.05) is 12.8 Å². The normalized spacial score (nSPS) is 11.9. The summed E-state index contributed by atoms with van der Waals surface area (Å²) in [6.07, 6.45) is 0. The summed E-state index contributed by atoms with van der Waals surface area (Å²) in [5.74, 6) is 0.561. The van der Waals surface area contributed by atoms with Crippen LogP contribution in [-0.2, 0) is 0 Å². The molecule has 0 unspecified atom stereocenters. The van der Waals surface area contributed by atoms with E-state index >= 15 is 0 Å². The highest BCUT2D eigenvalue weighted by molar-refractivity contribution is 7.13. The second-order valence-electron chi connectivity index (χ2n) is 4.04. The molecule has 3 N–H and O–H groups in total. The summed E-state index contributed by atoms with van der Waals surface area (Å²) in [7, 11) is 1.62. The van der Waals surface area contributed by atoms with Crippen LogP contribution in [0.5, 0.6) is 5.75 Å². The highest BCUT2D eigenvalue weighted by atomic mass is 32.1. The Morgan fingerprint density at radius 2 is 2.11 bits per heavy atom. The molecule has 1 heterocycles. The first-order valence-electron chi connectivity index (χ1n) is 5.76. The molecule has 0 bridgehead atoms. The largest absolute Gasteiger partial charge is 0.497 e. The number of aromatic nitrogens is 1. The lowest BCUT2D eigenvalue weighted by Crippen LogP contribution is -2.26. The number of nitrogens with two attached hydrogens (primary N) is 1. The smallest absolute Gasteiger partial charge is 0.271 e. The molecular formula is C13H15N3O2S. The number of ether oxygens (including phenoxy) is 1. The summed E-state index contributed by atoms with van der Waals surface area (Å²) in [4.78, 5) is 15.9. The number of nitrogens with one attached hydrogen (secondary N) is 1. The molecule has 6 heteroatoms. The van der Waals surface area contributed by atoms with Gasteiger partial charge in [0.2, 0.25) is 0 Å². The molecule has 0 spiro atoms. The monoisotopic (exact) mass is 277 g/mol. The Bertz CT molecular complexity index is 566. The first kappa shape index (κ1) is 13.4. The third-order valence-corrected chi connectivity index (χ3v) is 3.39. The van der Waals surface area contributed by atoms with E-state index in [4.69, 9.17) is 10.5 Å². The molecule has 100 valence electrons. The van der Waals surface area contributed by atoms with Crippen LogP contribution in [0.2, 0.25) is 0 Å². The van der Waals surface area contributed by atoms with Crippen LogP contribution >= 0.6 is 11.3 Å². The number of thiazole rings is 1. The van der Waals surface area contributed by atoms with Crippen molar-refractivity contribution < 1.29 is 9.53 Å². The Labute approximate surface area is 115 Å². The lowest BCUT2D eigenvalue weighted by molar-refractivity contribution is 0.0935. The van der Waals surface area contributed by atoms with E-state index in [2.05, 4.69) is 10.3 Å². The molecule has 0 saturated carbocycles. The number of hydrogen-bond acceptors (Lipinski definition) is 5. The summed E-state index contributed by atoms with van der Waals surface area (Å²) in [6.45, 7) is 1.91. The van der Waals surface area contributed by atoms with E-state index in [1.54, 1.807) is 12.5 Å². The molecule has 2 aromatic rings. The van der Waals surface area contributed by atoms with Crippen LogP contribution in [0.15, 0.2) is 29.6 Å². The van der Waals surface area contributed by atoms with Crippen molar-refractivity contribution in [3.8, 4) is 5.75 Å². The zero-order valence-electron chi connectivity index (χ0n) is 10.7. The van der Waals surface area contributed by atoms with Gasteiger partial charge in [0.15, 0.2) is 5.13 Å². The van der Waals surface area contributed by atoms with Crippen LogP contribution < -0.4 is 15.8 Å². The molecule has 1 atom stereocenters. The third-order valence-electron chi connectivity index (χ3n) is 2.72. The van der Waals surface area contributed by atoms with Gasteiger partial charge in [0.1, 0.15) is 11.4 Å². The van der Waals surface area contributed by atoms with Crippen LogP contribution in [0.1, 0.15) is 29.0 Å². The van der Waals surface area contributed by atoms with Gasteiger partial charge in [-0.3, -0.25) is 4.79 Å². The Hall–Kier alpha value is -2.08. The van der Waals surface area contributed by atoms with Gasteiger partial charge in [0.25, 0.3) is 5.91 Å². The minimum atomic E-state index is -0.226. The fourth-order valence-electron chi connectivity index (χ4n) is 1.64. The van der Waals surface area contributed by atoms with Crippen LogP contribution in [0.4, 0.5) is 5.13 Å². The molecule has 1 aromatic carbocycles. The molecule has 0 aliphatic rings. The predicted molar refractivity (Wildman–Crippen MR) is 75.4 cm³/mol. The van der Waals surface area contributed by atoms with Gasteiger partial charge in [-0.2, -0.15) is 0 Å². The molecule has 0 saturated heterocycles. The van der Waals surface area contributed by atoms with Crippen molar-refractivity contribution in [3.63, 3.8) is 0 Å². The van der Waals surface area contributed by atoms with E-state index < -0.39 is 0 Å². The van der Waals surface area contributed by atoms with Crippen molar-refractivity contribution >= 4 is 22.4 Å². The maximum atomic E-state index is 11.9. The van der Waals surface area contributed by atoms with Crippen molar-refractivity contribution in [2.45, 2.75) is 13.0 Å². The second kappa shape index (κ2) is 5.71. The number of benzene rings is 1. The molecule has 5 nitrogen and oxygen atoms in total. The second-order valence-corrected chi connectivity index (χ2v) is 4.93. The van der Waals surface area contributed by atoms with Gasteiger partial charge < -0.3 is 15.8 Å². The number of anilines is 1. The van der Waals surface area contributed by atoms with Gasteiger partial charge >= 0.3 is 0 Å². The standard InChI is InChI=1S/C13H15N3O2S/c1-8(9-3-5-10(18-2)6-4-9)15-12(17)11-7-19-13(14)16-11/h3-8H,1-2H3,(H2,14,16)(H,15,17)/t8-/m0/s1. The number of amides is 1. The van der Waals surface area contributed by atoms with E-state index in [1.165, 1.54) is 11.3 Å². The van der Waals surface area contributed by atoms with Crippen molar-refractivity contribution in [3.05, 3.63) is 40.9 Å². The van der Waals surface area contributed by atoms with Gasteiger partial charge in [0, 0.05) is 5.38 Å². The van der Waals surface area contributed by atoms with Crippen LogP contribution in [-0.4, -0.2) is 18.0 Å². The van der Waals surface area contributed by atoms with E-state index in [0.717, 1.165) is 11.3 Å². The number of rotatable bonds is 4. The quantitative estimate of drug-likeness (QED) is 0.898. The average molecular weight is 277 g/mol. The van der Waals surface area contributed by atoms with Crippen LogP contribution in [0.25, 0.3) is 0 Å². The minimum Gasteiger partial charge on any atom is -0.497 e. The highest BCUT2D eigenvalue weighted by Crippen LogP contribution is 2.18. The zero-order valence-corrected chi connectivity index (χ0v) is 11.5. The molecular weight excluding hydrogens is 262 g/mol. The highest BCUT2D eigenvalue weighted by Gasteiger charge is 2.13. The third kappa shape index (κ3) is 3.23. The molecule has 0 aliphatic heterocycles. The predicted octanol–water partition coefficient (Wildman–Crippen LogP) is 2.22. The SMILES string of the molecule is COc1ccc([C@H](C)NC(=O)c2csc(N)n2)cc1.